The van der Waals surface area contributed by atoms with E-state index < -0.39 is 38.6 Å². The highest BCUT2D eigenvalue weighted by atomic mass is 32.2. The topological polar surface area (TPSA) is 104 Å². The number of benzene rings is 2. The molecule has 9 heteroatoms. The number of nitrogens with one attached hydrogen (secondary N) is 3. The van der Waals surface area contributed by atoms with Crippen molar-refractivity contribution in [3.8, 4) is 0 Å². The maximum atomic E-state index is 13.9. The zero-order chi connectivity index (χ0) is 21.6. The van der Waals surface area contributed by atoms with Crippen LogP contribution in [0.2, 0.25) is 0 Å². The Balaban J connectivity index is 2.25. The van der Waals surface area contributed by atoms with Crippen molar-refractivity contribution in [2.45, 2.75) is 31.2 Å². The number of amides is 2. The third kappa shape index (κ3) is 5.61. The Hall–Kier alpha value is -2.78. The number of halogens is 1. The summed E-state index contributed by atoms with van der Waals surface area (Å²) in [6, 6.07) is 10.9. The lowest BCUT2D eigenvalue weighted by Crippen LogP contribution is -2.47. The SMILES string of the molecule is CC[C@H](C)[C@@H](NC(=O)c1ccccc1)C(=O)Nc1ccc(F)c(S(=O)(=O)NC)c1. The van der Waals surface area contributed by atoms with E-state index in [1.807, 2.05) is 18.6 Å². The van der Waals surface area contributed by atoms with Crippen LogP contribution in [0.4, 0.5) is 10.1 Å². The Morgan fingerprint density at radius 2 is 1.76 bits per heavy atom. The molecule has 29 heavy (non-hydrogen) atoms. The number of anilines is 1. The van der Waals surface area contributed by atoms with Gasteiger partial charge in [-0.15, -0.1) is 0 Å². The summed E-state index contributed by atoms with van der Waals surface area (Å²) in [4.78, 5) is 24.7. The molecule has 0 aliphatic rings. The molecule has 7 nitrogen and oxygen atoms in total. The minimum atomic E-state index is -4.03. The van der Waals surface area contributed by atoms with Gasteiger partial charge in [0.2, 0.25) is 15.9 Å². The Morgan fingerprint density at radius 1 is 1.10 bits per heavy atom. The number of hydrogen-bond acceptors (Lipinski definition) is 4. The van der Waals surface area contributed by atoms with E-state index in [0.29, 0.717) is 12.0 Å². The van der Waals surface area contributed by atoms with Crippen molar-refractivity contribution < 1.29 is 22.4 Å². The fourth-order valence-electron chi connectivity index (χ4n) is 2.63. The number of sulfonamides is 1. The van der Waals surface area contributed by atoms with E-state index in [1.165, 1.54) is 6.07 Å². The monoisotopic (exact) mass is 421 g/mol. The highest BCUT2D eigenvalue weighted by Gasteiger charge is 2.27. The molecule has 0 saturated heterocycles. The number of hydrogen-bond donors (Lipinski definition) is 3. The molecule has 0 unspecified atom stereocenters. The second-order valence-corrected chi connectivity index (χ2v) is 8.40. The molecule has 0 fully saturated rings. The lowest BCUT2D eigenvalue weighted by atomic mass is 9.97. The summed E-state index contributed by atoms with van der Waals surface area (Å²) in [6.45, 7) is 3.70. The molecule has 2 aromatic rings. The summed E-state index contributed by atoms with van der Waals surface area (Å²) >= 11 is 0. The summed E-state index contributed by atoms with van der Waals surface area (Å²) in [5, 5.41) is 5.28. The van der Waals surface area contributed by atoms with Gasteiger partial charge in [0.1, 0.15) is 16.8 Å². The summed E-state index contributed by atoms with van der Waals surface area (Å²) in [6.07, 6.45) is 0.621. The normalized spacial score (nSPS) is 13.4. The highest BCUT2D eigenvalue weighted by molar-refractivity contribution is 7.89. The first-order valence-corrected chi connectivity index (χ1v) is 10.6. The van der Waals surface area contributed by atoms with Crippen molar-refractivity contribution in [2.75, 3.05) is 12.4 Å². The molecule has 2 rings (SSSR count). The summed E-state index contributed by atoms with van der Waals surface area (Å²) in [5.41, 5.74) is 0.519. The summed E-state index contributed by atoms with van der Waals surface area (Å²) in [7, 11) is -2.86. The third-order valence-corrected chi connectivity index (χ3v) is 6.00. The van der Waals surface area contributed by atoms with Gasteiger partial charge < -0.3 is 10.6 Å². The molecule has 0 bridgehead atoms. The number of rotatable bonds is 8. The lowest BCUT2D eigenvalue weighted by Gasteiger charge is -2.23. The first-order valence-electron chi connectivity index (χ1n) is 9.09. The van der Waals surface area contributed by atoms with Gasteiger partial charge in [-0.1, -0.05) is 38.5 Å². The molecule has 2 aromatic carbocycles. The predicted octanol–water partition coefficient (Wildman–Crippen LogP) is 2.52. The second-order valence-electron chi connectivity index (χ2n) is 6.54. The lowest BCUT2D eigenvalue weighted by molar-refractivity contribution is -0.119. The van der Waals surface area contributed by atoms with Crippen LogP contribution in [0, 0.1) is 11.7 Å². The largest absolute Gasteiger partial charge is 0.340 e. The molecule has 0 heterocycles. The zero-order valence-corrected chi connectivity index (χ0v) is 17.2. The van der Waals surface area contributed by atoms with Gasteiger partial charge >= 0.3 is 0 Å². The van der Waals surface area contributed by atoms with Crippen LogP contribution in [0.5, 0.6) is 0 Å². The molecular formula is C20H24FN3O4S. The average Bonchev–Trinajstić information content (AvgIpc) is 2.73. The smallest absolute Gasteiger partial charge is 0.251 e. The van der Waals surface area contributed by atoms with E-state index in [2.05, 4.69) is 10.6 Å². The zero-order valence-electron chi connectivity index (χ0n) is 16.4. The fourth-order valence-corrected chi connectivity index (χ4v) is 3.46. The molecular weight excluding hydrogens is 397 g/mol. The van der Waals surface area contributed by atoms with Crippen molar-refractivity contribution in [1.82, 2.24) is 10.0 Å². The van der Waals surface area contributed by atoms with Crippen LogP contribution in [-0.4, -0.2) is 33.3 Å². The van der Waals surface area contributed by atoms with Crippen molar-refractivity contribution in [3.05, 3.63) is 59.9 Å². The number of carbonyl (C=O) groups is 2. The van der Waals surface area contributed by atoms with Crippen LogP contribution >= 0.6 is 0 Å². The molecule has 0 spiro atoms. The van der Waals surface area contributed by atoms with Gasteiger partial charge in [0.15, 0.2) is 0 Å². The van der Waals surface area contributed by atoms with Gasteiger partial charge in [0.05, 0.1) is 0 Å². The first-order chi connectivity index (χ1) is 13.7. The van der Waals surface area contributed by atoms with Gasteiger partial charge in [0, 0.05) is 11.3 Å². The standard InChI is InChI=1S/C20H24FN3O4S/c1-4-13(2)18(24-19(25)14-8-6-5-7-9-14)20(26)23-15-10-11-16(21)17(12-15)29(27,28)22-3/h5-13,18,22H,4H2,1-3H3,(H,23,26)(H,24,25)/t13-,18+/m0/s1. The molecule has 3 N–H and O–H groups in total. The second kappa shape index (κ2) is 9.62. The fraction of sp³-hybridized carbons (Fsp3) is 0.300. The minimum absolute atomic E-state index is 0.104. The van der Waals surface area contributed by atoms with E-state index in [1.54, 1.807) is 30.3 Å². The molecule has 0 aliphatic heterocycles. The Bertz CT molecular complexity index is 980. The van der Waals surface area contributed by atoms with Crippen LogP contribution in [0.15, 0.2) is 53.4 Å². The molecule has 0 saturated carbocycles. The van der Waals surface area contributed by atoms with Gasteiger partial charge in [-0.05, 0) is 43.3 Å². The minimum Gasteiger partial charge on any atom is -0.340 e. The van der Waals surface area contributed by atoms with E-state index >= 15 is 0 Å². The van der Waals surface area contributed by atoms with Crippen LogP contribution < -0.4 is 15.4 Å². The van der Waals surface area contributed by atoms with Crippen LogP contribution in [0.1, 0.15) is 30.6 Å². The Morgan fingerprint density at radius 3 is 2.34 bits per heavy atom. The van der Waals surface area contributed by atoms with Gasteiger partial charge in [-0.3, -0.25) is 9.59 Å². The van der Waals surface area contributed by atoms with E-state index in [4.69, 9.17) is 0 Å². The van der Waals surface area contributed by atoms with Gasteiger partial charge in [-0.25, -0.2) is 17.5 Å². The predicted molar refractivity (Wildman–Crippen MR) is 108 cm³/mol. The van der Waals surface area contributed by atoms with Crippen molar-refractivity contribution in [3.63, 3.8) is 0 Å². The molecule has 0 aliphatic carbocycles. The van der Waals surface area contributed by atoms with E-state index in [0.717, 1.165) is 19.2 Å². The first kappa shape index (κ1) is 22.5. The molecule has 2 amide bonds. The molecule has 0 radical (unpaired) electrons. The summed E-state index contributed by atoms with van der Waals surface area (Å²) in [5.74, 6) is -2.05. The van der Waals surface area contributed by atoms with E-state index in [-0.39, 0.29) is 11.6 Å². The van der Waals surface area contributed by atoms with Gasteiger partial charge in [-0.2, -0.15) is 0 Å². The Kier molecular flexibility index (Phi) is 7.46. The van der Waals surface area contributed by atoms with Crippen LogP contribution in [0.25, 0.3) is 0 Å². The van der Waals surface area contributed by atoms with Crippen molar-refractivity contribution in [2.24, 2.45) is 5.92 Å². The number of carbonyl (C=O) groups excluding carboxylic acids is 2. The maximum Gasteiger partial charge on any atom is 0.251 e. The third-order valence-electron chi connectivity index (χ3n) is 4.58. The quantitative estimate of drug-likeness (QED) is 0.609. The summed E-state index contributed by atoms with van der Waals surface area (Å²) < 4.78 is 39.8. The molecule has 0 aromatic heterocycles. The van der Waals surface area contributed by atoms with Gasteiger partial charge in [0.25, 0.3) is 5.91 Å². The maximum absolute atomic E-state index is 13.9. The average molecular weight is 421 g/mol. The highest BCUT2D eigenvalue weighted by Crippen LogP contribution is 2.20. The van der Waals surface area contributed by atoms with Crippen molar-refractivity contribution in [1.29, 1.82) is 0 Å². The van der Waals surface area contributed by atoms with E-state index in [9.17, 15) is 22.4 Å². The van der Waals surface area contributed by atoms with Crippen molar-refractivity contribution >= 4 is 27.5 Å². The molecule has 2 atom stereocenters. The van der Waals surface area contributed by atoms with Crippen LogP contribution in [-0.2, 0) is 14.8 Å². The Labute approximate surface area is 169 Å². The molecule has 156 valence electrons. The van der Waals surface area contributed by atoms with Crippen LogP contribution in [0.3, 0.4) is 0 Å².